The second-order valence-corrected chi connectivity index (χ2v) is 7.51. The van der Waals surface area contributed by atoms with Gasteiger partial charge in [-0.1, -0.05) is 6.92 Å². The van der Waals surface area contributed by atoms with Crippen LogP contribution in [0.5, 0.6) is 0 Å². The van der Waals surface area contributed by atoms with Crippen molar-refractivity contribution in [3.8, 4) is 0 Å². The number of nitrogens with one attached hydrogen (secondary N) is 2. The van der Waals surface area contributed by atoms with Crippen LogP contribution >= 0.6 is 15.9 Å². The van der Waals surface area contributed by atoms with Gasteiger partial charge in [-0.15, -0.1) is 0 Å². The Balaban J connectivity index is 2.45. The van der Waals surface area contributed by atoms with Crippen LogP contribution in [0.15, 0.2) is 26.3 Å². The first-order valence-corrected chi connectivity index (χ1v) is 9.12. The van der Waals surface area contributed by atoms with E-state index in [0.29, 0.717) is 28.6 Å². The van der Waals surface area contributed by atoms with Crippen molar-refractivity contribution in [2.45, 2.75) is 11.8 Å². The smallest absolute Gasteiger partial charge is 0.316 e. The Labute approximate surface area is 137 Å². The highest BCUT2D eigenvalue weighted by molar-refractivity contribution is 9.10. The summed E-state index contributed by atoms with van der Waals surface area (Å²) in [6.07, 6.45) is 0. The predicted octanol–water partition coefficient (Wildman–Crippen LogP) is 0.527. The SMILES string of the molecule is CCNCCNS(=O)(=O)c1cc2c(cc1Br)n(C)c(=O)n2C. The van der Waals surface area contributed by atoms with Gasteiger partial charge in [0.2, 0.25) is 10.0 Å². The quantitative estimate of drug-likeness (QED) is 0.704. The summed E-state index contributed by atoms with van der Waals surface area (Å²) in [6, 6.07) is 3.16. The average molecular weight is 391 g/mol. The van der Waals surface area contributed by atoms with Crippen molar-refractivity contribution in [3.05, 3.63) is 27.1 Å². The molecule has 0 saturated heterocycles. The molecule has 2 rings (SSSR count). The molecule has 122 valence electrons. The van der Waals surface area contributed by atoms with E-state index in [2.05, 4.69) is 26.0 Å². The minimum atomic E-state index is -3.64. The highest BCUT2D eigenvalue weighted by Gasteiger charge is 2.20. The zero-order chi connectivity index (χ0) is 16.5. The first kappa shape index (κ1) is 17.2. The van der Waals surface area contributed by atoms with Gasteiger partial charge >= 0.3 is 5.69 Å². The first-order chi connectivity index (χ1) is 10.3. The van der Waals surface area contributed by atoms with Crippen LogP contribution in [0.25, 0.3) is 11.0 Å². The number of fused-ring (bicyclic) bond motifs is 1. The summed E-state index contributed by atoms with van der Waals surface area (Å²) < 4.78 is 30.7. The Morgan fingerprint density at radius 2 is 1.73 bits per heavy atom. The van der Waals surface area contributed by atoms with Crippen molar-refractivity contribution >= 4 is 37.0 Å². The molecular formula is C13H19BrN4O3S. The van der Waals surface area contributed by atoms with Gasteiger partial charge in [0.1, 0.15) is 0 Å². The highest BCUT2D eigenvalue weighted by atomic mass is 79.9. The summed E-state index contributed by atoms with van der Waals surface area (Å²) in [5.41, 5.74) is 1.05. The minimum absolute atomic E-state index is 0.123. The maximum Gasteiger partial charge on any atom is 0.328 e. The Kier molecular flexibility index (Phi) is 5.10. The Hall–Kier alpha value is -1.16. The summed E-state index contributed by atoms with van der Waals surface area (Å²) in [6.45, 7) is 3.59. The number of hydrogen-bond acceptors (Lipinski definition) is 4. The molecule has 9 heteroatoms. The largest absolute Gasteiger partial charge is 0.328 e. The number of likely N-dealkylation sites (N-methyl/N-ethyl adjacent to an activating group) is 1. The number of aromatic nitrogens is 2. The molecule has 1 aromatic heterocycles. The van der Waals surface area contributed by atoms with Gasteiger partial charge in [0.25, 0.3) is 0 Å². The van der Waals surface area contributed by atoms with Crippen molar-refractivity contribution in [1.29, 1.82) is 0 Å². The summed E-state index contributed by atoms with van der Waals surface area (Å²) in [5, 5.41) is 3.05. The molecule has 1 heterocycles. The number of aryl methyl sites for hydroxylation is 2. The number of rotatable bonds is 6. The topological polar surface area (TPSA) is 85.1 Å². The van der Waals surface area contributed by atoms with Crippen LogP contribution in [0, 0.1) is 0 Å². The molecule has 2 aromatic rings. The monoisotopic (exact) mass is 390 g/mol. The van der Waals surface area contributed by atoms with E-state index in [4.69, 9.17) is 0 Å². The Morgan fingerprint density at radius 3 is 2.32 bits per heavy atom. The fraction of sp³-hybridized carbons (Fsp3) is 0.462. The summed E-state index contributed by atoms with van der Waals surface area (Å²) in [4.78, 5) is 12.1. The van der Waals surface area contributed by atoms with E-state index >= 15 is 0 Å². The molecule has 0 unspecified atom stereocenters. The van der Waals surface area contributed by atoms with Crippen LogP contribution < -0.4 is 15.7 Å². The van der Waals surface area contributed by atoms with E-state index in [-0.39, 0.29) is 10.6 Å². The second-order valence-electron chi connectivity index (χ2n) is 4.92. The van der Waals surface area contributed by atoms with Crippen molar-refractivity contribution < 1.29 is 8.42 Å². The average Bonchev–Trinajstić information content (AvgIpc) is 2.67. The number of hydrogen-bond donors (Lipinski definition) is 2. The van der Waals surface area contributed by atoms with Gasteiger partial charge in [-0.3, -0.25) is 9.13 Å². The third-order valence-electron chi connectivity index (χ3n) is 3.46. The van der Waals surface area contributed by atoms with Crippen molar-refractivity contribution in [1.82, 2.24) is 19.2 Å². The molecule has 1 aromatic carbocycles. The molecule has 0 bridgehead atoms. The lowest BCUT2D eigenvalue weighted by Crippen LogP contribution is -2.32. The molecule has 0 aliphatic rings. The van der Waals surface area contributed by atoms with E-state index in [1.165, 1.54) is 15.2 Å². The van der Waals surface area contributed by atoms with Crippen LogP contribution in [0.2, 0.25) is 0 Å². The van der Waals surface area contributed by atoms with Crippen LogP contribution in [0.1, 0.15) is 6.92 Å². The summed E-state index contributed by atoms with van der Waals surface area (Å²) >= 11 is 3.28. The minimum Gasteiger partial charge on any atom is -0.316 e. The third-order valence-corrected chi connectivity index (χ3v) is 5.88. The lowest BCUT2D eigenvalue weighted by Gasteiger charge is -2.09. The number of imidazole rings is 1. The molecule has 0 spiro atoms. The molecule has 0 fully saturated rings. The highest BCUT2D eigenvalue weighted by Crippen LogP contribution is 2.27. The predicted molar refractivity (Wildman–Crippen MR) is 89.6 cm³/mol. The molecule has 0 saturated carbocycles. The van der Waals surface area contributed by atoms with Gasteiger partial charge in [-0.25, -0.2) is 17.9 Å². The van der Waals surface area contributed by atoms with Gasteiger partial charge in [0.15, 0.2) is 0 Å². The van der Waals surface area contributed by atoms with Gasteiger partial charge in [-0.05, 0) is 34.6 Å². The van der Waals surface area contributed by atoms with Gasteiger partial charge < -0.3 is 5.32 Å². The fourth-order valence-electron chi connectivity index (χ4n) is 2.23. The van der Waals surface area contributed by atoms with Crippen LogP contribution in [0.4, 0.5) is 0 Å². The molecule has 0 amide bonds. The van der Waals surface area contributed by atoms with E-state index in [0.717, 1.165) is 6.54 Å². The van der Waals surface area contributed by atoms with Crippen LogP contribution in [-0.2, 0) is 24.1 Å². The van der Waals surface area contributed by atoms with Crippen molar-refractivity contribution in [2.24, 2.45) is 14.1 Å². The zero-order valence-electron chi connectivity index (χ0n) is 12.7. The summed E-state index contributed by atoms with van der Waals surface area (Å²) in [5.74, 6) is 0. The standard InChI is InChI=1S/C13H19BrN4O3S/c1-4-15-5-6-16-22(20,21)12-8-11-10(7-9(12)14)17(2)13(19)18(11)3/h7-8,15-16H,4-6H2,1-3H3. The zero-order valence-corrected chi connectivity index (χ0v) is 15.1. The van der Waals surface area contributed by atoms with E-state index in [9.17, 15) is 13.2 Å². The maximum atomic E-state index is 12.4. The lowest BCUT2D eigenvalue weighted by molar-refractivity contribution is 0.577. The molecule has 0 radical (unpaired) electrons. The second kappa shape index (κ2) is 6.53. The number of nitrogens with zero attached hydrogens (tertiary/aromatic N) is 2. The molecule has 0 atom stereocenters. The molecule has 0 aliphatic carbocycles. The molecule has 2 N–H and O–H groups in total. The number of benzene rings is 1. The van der Waals surface area contributed by atoms with Crippen LogP contribution in [0.3, 0.4) is 0 Å². The maximum absolute atomic E-state index is 12.4. The summed E-state index contributed by atoms with van der Waals surface area (Å²) in [7, 11) is -0.373. The Morgan fingerprint density at radius 1 is 1.14 bits per heavy atom. The van der Waals surface area contributed by atoms with Crippen molar-refractivity contribution in [2.75, 3.05) is 19.6 Å². The normalized spacial score (nSPS) is 12.2. The third kappa shape index (κ3) is 3.12. The number of sulfonamides is 1. The van der Waals surface area contributed by atoms with Gasteiger partial charge in [-0.2, -0.15) is 0 Å². The van der Waals surface area contributed by atoms with E-state index < -0.39 is 10.0 Å². The van der Waals surface area contributed by atoms with Crippen molar-refractivity contribution in [3.63, 3.8) is 0 Å². The number of halogens is 1. The van der Waals surface area contributed by atoms with Gasteiger partial charge in [0.05, 0.1) is 15.9 Å². The lowest BCUT2D eigenvalue weighted by atomic mass is 10.3. The Bertz CT molecular complexity index is 854. The molecule has 7 nitrogen and oxygen atoms in total. The van der Waals surface area contributed by atoms with E-state index in [1.54, 1.807) is 20.2 Å². The first-order valence-electron chi connectivity index (χ1n) is 6.85. The molecule has 0 aliphatic heterocycles. The fourth-order valence-corrected chi connectivity index (χ4v) is 4.31. The molecular weight excluding hydrogens is 372 g/mol. The van der Waals surface area contributed by atoms with Gasteiger partial charge in [0, 0.05) is 31.7 Å². The van der Waals surface area contributed by atoms with E-state index in [1.807, 2.05) is 6.92 Å². The molecule has 22 heavy (non-hydrogen) atoms. The van der Waals surface area contributed by atoms with Crippen LogP contribution in [-0.4, -0.2) is 37.2 Å².